The fourth-order valence-corrected chi connectivity index (χ4v) is 3.44. The normalized spacial score (nSPS) is 13.3. The van der Waals surface area contributed by atoms with Crippen LogP contribution in [0, 0.1) is 0 Å². The van der Waals surface area contributed by atoms with Crippen LogP contribution in [0.1, 0.15) is 0 Å². The summed E-state index contributed by atoms with van der Waals surface area (Å²) in [6.07, 6.45) is 0.953. The van der Waals surface area contributed by atoms with E-state index in [4.69, 9.17) is 5.14 Å². The van der Waals surface area contributed by atoms with E-state index in [2.05, 4.69) is 5.10 Å². The van der Waals surface area contributed by atoms with Crippen LogP contribution in [0.5, 0.6) is 0 Å². The van der Waals surface area contributed by atoms with Gasteiger partial charge in [-0.2, -0.15) is 5.10 Å². The van der Waals surface area contributed by atoms with Crippen molar-refractivity contribution in [1.82, 2.24) is 14.1 Å². The maximum atomic E-state index is 11.8. The SMILES string of the molecule is CN(C)S(=O)(=O)c1cnn(C)c1S(N)(=O)=O. The molecule has 16 heavy (non-hydrogen) atoms. The second kappa shape index (κ2) is 3.80. The van der Waals surface area contributed by atoms with Crippen LogP contribution in [0.2, 0.25) is 0 Å². The molecule has 0 saturated carbocycles. The minimum absolute atomic E-state index is 0.428. The molecule has 10 heteroatoms. The molecule has 0 bridgehead atoms. The summed E-state index contributed by atoms with van der Waals surface area (Å²) in [4.78, 5) is -0.428. The zero-order valence-corrected chi connectivity index (χ0v) is 10.6. The van der Waals surface area contributed by atoms with Crippen molar-refractivity contribution in [1.29, 1.82) is 0 Å². The molecule has 0 radical (unpaired) electrons. The molecular weight excluding hydrogens is 256 g/mol. The Labute approximate surface area is 93.8 Å². The molecular formula is C6H12N4O4S2. The van der Waals surface area contributed by atoms with Gasteiger partial charge in [0.2, 0.25) is 10.0 Å². The summed E-state index contributed by atoms with van der Waals surface area (Å²) < 4.78 is 47.8. The Kier molecular flexibility index (Phi) is 3.11. The highest BCUT2D eigenvalue weighted by atomic mass is 32.2. The molecule has 92 valence electrons. The first-order chi connectivity index (χ1) is 7.08. The average Bonchev–Trinajstić information content (AvgIpc) is 2.46. The molecule has 1 aromatic heterocycles. The van der Waals surface area contributed by atoms with E-state index in [1.165, 1.54) is 21.1 Å². The highest BCUT2D eigenvalue weighted by molar-refractivity contribution is 7.92. The number of hydrogen-bond donors (Lipinski definition) is 1. The Balaban J connectivity index is 3.63. The first-order valence-electron chi connectivity index (χ1n) is 4.06. The summed E-state index contributed by atoms with van der Waals surface area (Å²) in [7, 11) is -4.15. The molecule has 8 nitrogen and oxygen atoms in total. The third kappa shape index (κ3) is 2.09. The van der Waals surface area contributed by atoms with Gasteiger partial charge >= 0.3 is 0 Å². The van der Waals surface area contributed by atoms with Gasteiger partial charge in [0.05, 0.1) is 6.20 Å². The van der Waals surface area contributed by atoms with Crippen LogP contribution in [-0.4, -0.2) is 45.0 Å². The van der Waals surface area contributed by atoms with Crippen molar-refractivity contribution in [2.24, 2.45) is 12.2 Å². The highest BCUT2D eigenvalue weighted by Gasteiger charge is 2.30. The van der Waals surface area contributed by atoms with Crippen LogP contribution in [0.4, 0.5) is 0 Å². The summed E-state index contributed by atoms with van der Waals surface area (Å²) in [6, 6.07) is 0. The molecule has 0 unspecified atom stereocenters. The molecule has 0 aliphatic rings. The van der Waals surface area contributed by atoms with E-state index in [0.717, 1.165) is 15.2 Å². The van der Waals surface area contributed by atoms with E-state index in [1.54, 1.807) is 0 Å². The number of aryl methyl sites for hydroxylation is 1. The Morgan fingerprint density at radius 2 is 1.81 bits per heavy atom. The Hall–Kier alpha value is -0.970. The van der Waals surface area contributed by atoms with Crippen LogP contribution in [0.3, 0.4) is 0 Å². The van der Waals surface area contributed by atoms with E-state index < -0.39 is 30.0 Å². The van der Waals surface area contributed by atoms with Gasteiger partial charge < -0.3 is 0 Å². The number of nitrogens with zero attached hydrogens (tertiary/aromatic N) is 3. The lowest BCUT2D eigenvalue weighted by Crippen LogP contribution is -2.26. The van der Waals surface area contributed by atoms with Gasteiger partial charge in [0, 0.05) is 21.1 Å². The number of rotatable bonds is 3. The quantitative estimate of drug-likeness (QED) is 0.702. The first kappa shape index (κ1) is 13.1. The molecule has 0 aliphatic heterocycles. The lowest BCUT2D eigenvalue weighted by Gasteiger charge is -2.10. The first-order valence-corrected chi connectivity index (χ1v) is 7.04. The molecule has 0 aromatic carbocycles. The number of aromatic nitrogens is 2. The maximum Gasteiger partial charge on any atom is 0.256 e. The largest absolute Gasteiger partial charge is 0.256 e. The van der Waals surface area contributed by atoms with Gasteiger partial charge in [0.15, 0.2) is 5.03 Å². The second-order valence-electron chi connectivity index (χ2n) is 3.27. The Morgan fingerprint density at radius 3 is 2.19 bits per heavy atom. The predicted molar refractivity (Wildman–Crippen MR) is 55.5 cm³/mol. The molecule has 0 spiro atoms. The van der Waals surface area contributed by atoms with Gasteiger partial charge in [0.25, 0.3) is 10.0 Å². The summed E-state index contributed by atoms with van der Waals surface area (Å²) in [6.45, 7) is 0. The molecule has 0 fully saturated rings. The van der Waals surface area contributed by atoms with E-state index in [9.17, 15) is 16.8 Å². The van der Waals surface area contributed by atoms with Crippen molar-refractivity contribution in [3.05, 3.63) is 6.20 Å². The Bertz CT molecular complexity index is 598. The van der Waals surface area contributed by atoms with Crippen molar-refractivity contribution in [3.8, 4) is 0 Å². The molecule has 0 atom stereocenters. The fraction of sp³-hybridized carbons (Fsp3) is 0.500. The van der Waals surface area contributed by atoms with Crippen LogP contribution in [0.15, 0.2) is 16.1 Å². The smallest absolute Gasteiger partial charge is 0.255 e. The molecule has 2 N–H and O–H groups in total. The van der Waals surface area contributed by atoms with Gasteiger partial charge in [-0.05, 0) is 0 Å². The zero-order chi connectivity index (χ0) is 12.7. The molecule has 1 aromatic rings. The summed E-state index contributed by atoms with van der Waals surface area (Å²) in [5, 5.41) is 7.98. The van der Waals surface area contributed by atoms with Gasteiger partial charge in [-0.15, -0.1) is 0 Å². The summed E-state index contributed by atoms with van der Waals surface area (Å²) in [5.41, 5.74) is 0. The minimum Gasteiger partial charge on any atom is -0.255 e. The van der Waals surface area contributed by atoms with E-state index in [1.807, 2.05) is 0 Å². The third-order valence-electron chi connectivity index (χ3n) is 1.88. The molecule has 1 heterocycles. The zero-order valence-electron chi connectivity index (χ0n) is 8.95. The van der Waals surface area contributed by atoms with Crippen LogP contribution < -0.4 is 5.14 Å². The average molecular weight is 268 g/mol. The number of sulfonamides is 2. The van der Waals surface area contributed by atoms with Gasteiger partial charge in [-0.25, -0.2) is 26.3 Å². The van der Waals surface area contributed by atoms with Gasteiger partial charge in [0.1, 0.15) is 4.90 Å². The minimum atomic E-state index is -4.14. The van der Waals surface area contributed by atoms with Crippen LogP contribution in [0.25, 0.3) is 0 Å². The van der Waals surface area contributed by atoms with Gasteiger partial charge in [-0.1, -0.05) is 0 Å². The topological polar surface area (TPSA) is 115 Å². The third-order valence-corrected chi connectivity index (χ3v) is 4.85. The van der Waals surface area contributed by atoms with Gasteiger partial charge in [-0.3, -0.25) is 4.68 Å². The summed E-state index contributed by atoms with van der Waals surface area (Å²) in [5.74, 6) is 0. The number of primary sulfonamides is 1. The monoisotopic (exact) mass is 268 g/mol. The number of nitrogens with two attached hydrogens (primary N) is 1. The predicted octanol–water partition coefficient (Wildman–Crippen LogP) is -1.68. The van der Waals surface area contributed by atoms with Crippen LogP contribution >= 0.6 is 0 Å². The maximum absolute atomic E-state index is 11.8. The van der Waals surface area contributed by atoms with E-state index >= 15 is 0 Å². The van der Waals surface area contributed by atoms with Crippen molar-refractivity contribution >= 4 is 20.0 Å². The van der Waals surface area contributed by atoms with Crippen molar-refractivity contribution < 1.29 is 16.8 Å². The lowest BCUT2D eigenvalue weighted by atomic mass is 10.7. The van der Waals surface area contributed by atoms with Crippen molar-refractivity contribution in [2.45, 2.75) is 9.92 Å². The fourth-order valence-electron chi connectivity index (χ4n) is 1.10. The Morgan fingerprint density at radius 1 is 1.31 bits per heavy atom. The van der Waals surface area contributed by atoms with Crippen LogP contribution in [-0.2, 0) is 27.1 Å². The second-order valence-corrected chi connectivity index (χ2v) is 6.87. The standard InChI is InChI=1S/C6H12N4O4S2/c1-9(2)16(13,14)5-4-8-10(3)6(5)15(7,11)12/h4H,1-3H3,(H2,7,11,12). The lowest BCUT2D eigenvalue weighted by molar-refractivity contribution is 0.514. The molecule has 0 amide bonds. The highest BCUT2D eigenvalue weighted by Crippen LogP contribution is 2.20. The number of hydrogen-bond acceptors (Lipinski definition) is 5. The van der Waals surface area contributed by atoms with E-state index in [0.29, 0.717) is 0 Å². The van der Waals surface area contributed by atoms with E-state index in [-0.39, 0.29) is 0 Å². The summed E-state index contributed by atoms with van der Waals surface area (Å²) >= 11 is 0. The molecule has 1 rings (SSSR count). The van der Waals surface area contributed by atoms with Crippen molar-refractivity contribution in [2.75, 3.05) is 14.1 Å². The molecule has 0 saturated heterocycles. The molecule has 0 aliphatic carbocycles. The van der Waals surface area contributed by atoms with Crippen molar-refractivity contribution in [3.63, 3.8) is 0 Å².